The molecule has 3 aliphatic rings. The Labute approximate surface area is 118 Å². The summed E-state index contributed by atoms with van der Waals surface area (Å²) in [6.45, 7) is 12.5. The van der Waals surface area contributed by atoms with Crippen molar-refractivity contribution in [2.45, 2.75) is 78.6 Å². The second-order valence-corrected chi connectivity index (χ2v) is 8.45. The Kier molecular flexibility index (Phi) is 3.07. The van der Waals surface area contributed by atoms with Gasteiger partial charge < -0.3 is 9.47 Å². The van der Waals surface area contributed by atoms with Gasteiger partial charge in [-0.2, -0.15) is 0 Å². The van der Waals surface area contributed by atoms with Crippen LogP contribution in [0.15, 0.2) is 0 Å². The molecule has 19 heavy (non-hydrogen) atoms. The third kappa shape index (κ3) is 2.15. The molecule has 2 saturated carbocycles. The minimum atomic E-state index is -0.380. The fourth-order valence-electron chi connectivity index (χ4n) is 5.41. The Morgan fingerprint density at radius 1 is 0.947 bits per heavy atom. The molecular weight excluding hydrogens is 236 g/mol. The maximum atomic E-state index is 6.24. The zero-order chi connectivity index (χ0) is 13.9. The first-order valence-electron chi connectivity index (χ1n) is 8.06. The van der Waals surface area contributed by atoms with Crippen LogP contribution in [0.4, 0.5) is 0 Å². The Bertz CT molecular complexity index is 360. The quantitative estimate of drug-likeness (QED) is 0.648. The Balaban J connectivity index is 1.87. The number of ether oxygens (including phenoxy) is 2. The van der Waals surface area contributed by atoms with Crippen molar-refractivity contribution in [2.24, 2.45) is 22.7 Å². The lowest BCUT2D eigenvalue weighted by atomic mass is 9.48. The average molecular weight is 266 g/mol. The van der Waals surface area contributed by atoms with Gasteiger partial charge in [0.15, 0.2) is 5.79 Å². The minimum absolute atomic E-state index is 0.380. The zero-order valence-corrected chi connectivity index (χ0v) is 13.3. The molecule has 0 amide bonds. The van der Waals surface area contributed by atoms with E-state index in [-0.39, 0.29) is 5.79 Å². The van der Waals surface area contributed by atoms with Crippen molar-refractivity contribution >= 4 is 0 Å². The van der Waals surface area contributed by atoms with Gasteiger partial charge in [0.25, 0.3) is 0 Å². The van der Waals surface area contributed by atoms with Crippen molar-refractivity contribution in [1.82, 2.24) is 0 Å². The van der Waals surface area contributed by atoms with E-state index < -0.39 is 0 Å². The van der Waals surface area contributed by atoms with Crippen molar-refractivity contribution in [3.63, 3.8) is 0 Å². The summed E-state index contributed by atoms with van der Waals surface area (Å²) in [5.74, 6) is 1.05. The predicted molar refractivity (Wildman–Crippen MR) is 76.9 cm³/mol. The molecule has 0 spiro atoms. The van der Waals surface area contributed by atoms with Gasteiger partial charge >= 0.3 is 0 Å². The highest BCUT2D eigenvalue weighted by Gasteiger charge is 2.57. The van der Waals surface area contributed by atoms with Gasteiger partial charge in [0.2, 0.25) is 0 Å². The highest BCUT2D eigenvalue weighted by atomic mass is 16.7. The lowest BCUT2D eigenvalue weighted by Gasteiger charge is -2.61. The van der Waals surface area contributed by atoms with Crippen LogP contribution < -0.4 is 0 Å². The zero-order valence-electron chi connectivity index (χ0n) is 13.3. The van der Waals surface area contributed by atoms with E-state index in [2.05, 4.69) is 34.6 Å². The summed E-state index contributed by atoms with van der Waals surface area (Å²) in [4.78, 5) is 0. The van der Waals surface area contributed by atoms with E-state index in [0.717, 1.165) is 12.5 Å². The molecule has 2 aliphatic carbocycles. The van der Waals surface area contributed by atoms with E-state index in [1.807, 2.05) is 0 Å². The lowest BCUT2D eigenvalue weighted by Crippen LogP contribution is -2.59. The molecule has 0 radical (unpaired) electrons. The summed E-state index contributed by atoms with van der Waals surface area (Å²) in [6.07, 6.45) is 7.08. The van der Waals surface area contributed by atoms with Crippen molar-refractivity contribution in [2.75, 3.05) is 6.61 Å². The Hall–Kier alpha value is -0.0800. The molecule has 0 bridgehead atoms. The van der Waals surface area contributed by atoms with Gasteiger partial charge in [-0.25, -0.2) is 0 Å². The maximum Gasteiger partial charge on any atom is 0.163 e. The normalized spacial score (nSPS) is 48.2. The lowest BCUT2D eigenvalue weighted by molar-refractivity contribution is -0.325. The van der Waals surface area contributed by atoms with Crippen molar-refractivity contribution in [3.8, 4) is 0 Å². The highest BCUT2D eigenvalue weighted by molar-refractivity contribution is 5.05. The second kappa shape index (κ2) is 4.21. The third-order valence-corrected chi connectivity index (χ3v) is 6.36. The first kappa shape index (κ1) is 13.9. The molecule has 3 fully saturated rings. The van der Waals surface area contributed by atoms with Crippen LogP contribution >= 0.6 is 0 Å². The van der Waals surface area contributed by atoms with Gasteiger partial charge in [-0.15, -0.1) is 0 Å². The van der Waals surface area contributed by atoms with E-state index in [0.29, 0.717) is 22.9 Å². The van der Waals surface area contributed by atoms with Crippen LogP contribution in [0.1, 0.15) is 66.7 Å². The van der Waals surface area contributed by atoms with Gasteiger partial charge in [0, 0.05) is 5.92 Å². The molecule has 110 valence electrons. The molecule has 2 nitrogen and oxygen atoms in total. The Morgan fingerprint density at radius 2 is 1.68 bits per heavy atom. The van der Waals surface area contributed by atoms with Gasteiger partial charge in [-0.1, -0.05) is 27.2 Å². The molecule has 0 aromatic heterocycles. The molecule has 1 saturated heterocycles. The fraction of sp³-hybridized carbons (Fsp3) is 1.00. The molecule has 1 unspecified atom stereocenters. The average Bonchev–Trinajstić information content (AvgIpc) is 2.25. The van der Waals surface area contributed by atoms with Crippen molar-refractivity contribution in [1.29, 1.82) is 0 Å². The topological polar surface area (TPSA) is 18.5 Å². The summed E-state index contributed by atoms with van der Waals surface area (Å²) in [5, 5.41) is 0. The molecule has 2 heteroatoms. The summed E-state index contributed by atoms with van der Waals surface area (Å²) < 4.78 is 12.2. The summed E-state index contributed by atoms with van der Waals surface area (Å²) in [5.41, 5.74) is 0.909. The van der Waals surface area contributed by atoms with Crippen molar-refractivity contribution in [3.05, 3.63) is 0 Å². The van der Waals surface area contributed by atoms with Crippen LogP contribution in [0.3, 0.4) is 0 Å². The molecular formula is C17H30O2. The van der Waals surface area contributed by atoms with Crippen molar-refractivity contribution < 1.29 is 9.47 Å². The van der Waals surface area contributed by atoms with Crippen LogP contribution in [-0.2, 0) is 9.47 Å². The van der Waals surface area contributed by atoms with E-state index in [4.69, 9.17) is 9.47 Å². The van der Waals surface area contributed by atoms with Gasteiger partial charge in [0.1, 0.15) is 0 Å². The van der Waals surface area contributed by atoms with Gasteiger partial charge in [0.05, 0.1) is 12.7 Å². The highest BCUT2D eigenvalue weighted by Crippen LogP contribution is 2.61. The molecule has 4 atom stereocenters. The molecule has 3 rings (SSSR count). The van der Waals surface area contributed by atoms with Gasteiger partial charge in [-0.3, -0.25) is 0 Å². The third-order valence-electron chi connectivity index (χ3n) is 6.36. The largest absolute Gasteiger partial charge is 0.350 e. The molecule has 0 aromatic carbocycles. The molecule has 1 aliphatic heterocycles. The number of hydrogen-bond acceptors (Lipinski definition) is 2. The van der Waals surface area contributed by atoms with Crippen LogP contribution in [0.25, 0.3) is 0 Å². The summed E-state index contributed by atoms with van der Waals surface area (Å²) in [7, 11) is 0. The maximum absolute atomic E-state index is 6.24. The number of fused-ring (bicyclic) bond motifs is 3. The van der Waals surface area contributed by atoms with Crippen LogP contribution in [0.5, 0.6) is 0 Å². The number of rotatable bonds is 0. The second-order valence-electron chi connectivity index (χ2n) is 8.45. The minimum Gasteiger partial charge on any atom is -0.350 e. The van der Waals surface area contributed by atoms with E-state index in [1.165, 1.54) is 32.1 Å². The molecule has 1 heterocycles. The fourth-order valence-corrected chi connectivity index (χ4v) is 5.41. The summed E-state index contributed by atoms with van der Waals surface area (Å²) in [6, 6.07) is 0. The standard InChI is InChI=1S/C17H30O2/c1-15(2)9-6-10-17(5)12-11-18-16(3,4)19-13(12)7-8-14(15)17/h12-14H,6-11H2,1-5H3/t12-,13-,14?,17-/m1/s1. The number of hydrogen-bond donors (Lipinski definition) is 0. The smallest absolute Gasteiger partial charge is 0.163 e. The van der Waals surface area contributed by atoms with Crippen LogP contribution in [0.2, 0.25) is 0 Å². The first-order chi connectivity index (χ1) is 8.75. The molecule has 0 N–H and O–H groups in total. The monoisotopic (exact) mass is 266 g/mol. The SMILES string of the molecule is CC1(C)OC[C@@H]2[C@@H](CCC3C(C)(C)CCC[C@@]32C)O1. The van der Waals surface area contributed by atoms with E-state index in [1.54, 1.807) is 0 Å². The summed E-state index contributed by atoms with van der Waals surface area (Å²) >= 11 is 0. The van der Waals surface area contributed by atoms with E-state index >= 15 is 0 Å². The predicted octanol–water partition coefficient (Wildman–Crippen LogP) is 4.38. The Morgan fingerprint density at radius 3 is 2.42 bits per heavy atom. The van der Waals surface area contributed by atoms with E-state index in [9.17, 15) is 0 Å². The molecule has 0 aromatic rings. The van der Waals surface area contributed by atoms with Crippen LogP contribution in [0, 0.1) is 22.7 Å². The first-order valence-corrected chi connectivity index (χ1v) is 8.06. The van der Waals surface area contributed by atoms with Gasteiger partial charge in [-0.05, 0) is 56.3 Å². The van der Waals surface area contributed by atoms with Crippen LogP contribution in [-0.4, -0.2) is 18.5 Å².